The fraction of sp³-hybridized carbons (Fsp3) is 0.125. The highest BCUT2D eigenvalue weighted by atomic mass is 19.4. The maximum atomic E-state index is 12.2. The highest BCUT2D eigenvalue weighted by Gasteiger charge is 2.30. The van der Waals surface area contributed by atoms with Gasteiger partial charge in [0.05, 0.1) is 5.56 Å². The molecule has 0 aliphatic rings. The molecule has 1 aromatic carbocycles. The van der Waals surface area contributed by atoms with E-state index in [0.29, 0.717) is 0 Å². The van der Waals surface area contributed by atoms with E-state index in [9.17, 15) is 18.0 Å². The monoisotopic (exact) mass is 220 g/mol. The van der Waals surface area contributed by atoms with E-state index in [4.69, 9.17) is 5.21 Å². The normalized spacial score (nSPS) is 10.9. The van der Waals surface area contributed by atoms with Crippen LogP contribution in [0.2, 0.25) is 0 Å². The third kappa shape index (κ3) is 3.13. The molecule has 0 radical (unpaired) electrons. The molecule has 15 heavy (non-hydrogen) atoms. The van der Waals surface area contributed by atoms with Crippen molar-refractivity contribution in [2.24, 2.45) is 0 Å². The smallest absolute Gasteiger partial charge is 0.306 e. The SMILES string of the molecule is O=C(NO)Nc1cccc(C(F)(F)F)c1. The Balaban J connectivity index is 2.88. The molecule has 0 atom stereocenters. The maximum absolute atomic E-state index is 12.2. The molecule has 1 rings (SSSR count). The van der Waals surface area contributed by atoms with Gasteiger partial charge in [0, 0.05) is 5.69 Å². The van der Waals surface area contributed by atoms with Crippen molar-refractivity contribution in [1.82, 2.24) is 5.48 Å². The Hall–Kier alpha value is -1.76. The summed E-state index contributed by atoms with van der Waals surface area (Å²) >= 11 is 0. The fourth-order valence-corrected chi connectivity index (χ4v) is 0.932. The van der Waals surface area contributed by atoms with Gasteiger partial charge in [-0.05, 0) is 18.2 Å². The zero-order valence-electron chi connectivity index (χ0n) is 7.30. The number of hydrogen-bond donors (Lipinski definition) is 3. The van der Waals surface area contributed by atoms with E-state index in [2.05, 4.69) is 0 Å². The summed E-state index contributed by atoms with van der Waals surface area (Å²) < 4.78 is 36.6. The summed E-state index contributed by atoms with van der Waals surface area (Å²) in [6.07, 6.45) is -4.46. The van der Waals surface area contributed by atoms with Crippen molar-refractivity contribution in [3.8, 4) is 0 Å². The molecular weight excluding hydrogens is 213 g/mol. The van der Waals surface area contributed by atoms with Crippen molar-refractivity contribution in [2.75, 3.05) is 5.32 Å². The number of carbonyl (C=O) groups is 1. The summed E-state index contributed by atoms with van der Waals surface area (Å²) in [7, 11) is 0. The number of alkyl halides is 3. The highest BCUT2D eigenvalue weighted by molar-refractivity contribution is 5.88. The number of carbonyl (C=O) groups excluding carboxylic acids is 1. The summed E-state index contributed by atoms with van der Waals surface area (Å²) in [5.74, 6) is 0. The van der Waals surface area contributed by atoms with Gasteiger partial charge in [0.25, 0.3) is 0 Å². The Labute approximate surface area is 82.7 Å². The summed E-state index contributed by atoms with van der Waals surface area (Å²) in [6.45, 7) is 0. The molecule has 0 aromatic heterocycles. The lowest BCUT2D eigenvalue weighted by molar-refractivity contribution is -0.137. The number of hydrogen-bond acceptors (Lipinski definition) is 2. The second-order valence-electron chi connectivity index (χ2n) is 2.64. The third-order valence-corrected chi connectivity index (χ3v) is 1.55. The number of urea groups is 1. The lowest BCUT2D eigenvalue weighted by atomic mass is 10.2. The van der Waals surface area contributed by atoms with E-state index in [1.54, 1.807) is 0 Å². The first-order chi connectivity index (χ1) is 6.93. The van der Waals surface area contributed by atoms with E-state index < -0.39 is 17.8 Å². The van der Waals surface area contributed by atoms with Crippen molar-refractivity contribution >= 4 is 11.7 Å². The van der Waals surface area contributed by atoms with Gasteiger partial charge in [-0.15, -0.1) is 0 Å². The molecule has 82 valence electrons. The van der Waals surface area contributed by atoms with Crippen LogP contribution < -0.4 is 10.8 Å². The second kappa shape index (κ2) is 4.18. The molecule has 0 heterocycles. The molecule has 2 amide bonds. The van der Waals surface area contributed by atoms with Gasteiger partial charge in [0.2, 0.25) is 0 Å². The van der Waals surface area contributed by atoms with Crippen molar-refractivity contribution in [1.29, 1.82) is 0 Å². The number of amides is 2. The van der Waals surface area contributed by atoms with Crippen molar-refractivity contribution in [2.45, 2.75) is 6.18 Å². The standard InChI is InChI=1S/C8H7F3N2O2/c9-8(10,11)5-2-1-3-6(4-5)12-7(14)13-15/h1-4,15H,(H2,12,13,14). The number of rotatable bonds is 1. The predicted octanol–water partition coefficient (Wildman–Crippen LogP) is 2.22. The van der Waals surface area contributed by atoms with Crippen LogP contribution in [-0.4, -0.2) is 11.2 Å². The Morgan fingerprint density at radius 1 is 1.33 bits per heavy atom. The molecule has 7 heteroatoms. The van der Waals surface area contributed by atoms with E-state index in [-0.39, 0.29) is 5.69 Å². The molecule has 0 aliphatic heterocycles. The highest BCUT2D eigenvalue weighted by Crippen LogP contribution is 2.30. The van der Waals surface area contributed by atoms with Gasteiger partial charge < -0.3 is 5.32 Å². The van der Waals surface area contributed by atoms with Crippen LogP contribution in [0.25, 0.3) is 0 Å². The number of halogens is 3. The lowest BCUT2D eigenvalue weighted by Gasteiger charge is -2.08. The van der Waals surface area contributed by atoms with Crippen LogP contribution in [0, 0.1) is 0 Å². The summed E-state index contributed by atoms with van der Waals surface area (Å²) in [5, 5.41) is 10.1. The number of hydroxylamine groups is 1. The fourth-order valence-electron chi connectivity index (χ4n) is 0.932. The van der Waals surface area contributed by atoms with Gasteiger partial charge in [-0.25, -0.2) is 10.3 Å². The van der Waals surface area contributed by atoms with Gasteiger partial charge in [0.1, 0.15) is 0 Å². The molecule has 0 unspecified atom stereocenters. The largest absolute Gasteiger partial charge is 0.416 e. The summed E-state index contributed by atoms with van der Waals surface area (Å²) in [4.78, 5) is 10.6. The summed E-state index contributed by atoms with van der Waals surface area (Å²) in [6, 6.07) is 3.05. The third-order valence-electron chi connectivity index (χ3n) is 1.55. The van der Waals surface area contributed by atoms with Gasteiger partial charge in [0.15, 0.2) is 0 Å². The minimum Gasteiger partial charge on any atom is -0.306 e. The average molecular weight is 220 g/mol. The van der Waals surface area contributed by atoms with Crippen LogP contribution in [-0.2, 0) is 6.18 Å². The molecule has 0 bridgehead atoms. The lowest BCUT2D eigenvalue weighted by Crippen LogP contribution is -2.25. The molecule has 1 aromatic rings. The Bertz CT molecular complexity index is 365. The molecule has 0 fully saturated rings. The Morgan fingerprint density at radius 3 is 2.53 bits per heavy atom. The number of anilines is 1. The molecule has 3 N–H and O–H groups in total. The Morgan fingerprint density at radius 2 is 2.00 bits per heavy atom. The van der Waals surface area contributed by atoms with Crippen molar-refractivity contribution < 1.29 is 23.2 Å². The molecule has 0 saturated heterocycles. The van der Waals surface area contributed by atoms with E-state index in [1.165, 1.54) is 11.5 Å². The Kier molecular flexibility index (Phi) is 3.15. The topological polar surface area (TPSA) is 61.4 Å². The van der Waals surface area contributed by atoms with E-state index in [0.717, 1.165) is 18.2 Å². The van der Waals surface area contributed by atoms with Crippen molar-refractivity contribution in [3.63, 3.8) is 0 Å². The zero-order valence-corrected chi connectivity index (χ0v) is 7.30. The van der Waals surface area contributed by atoms with Gasteiger partial charge in [-0.2, -0.15) is 13.2 Å². The number of benzene rings is 1. The number of nitrogens with one attached hydrogen (secondary N) is 2. The van der Waals surface area contributed by atoms with Crippen molar-refractivity contribution in [3.05, 3.63) is 29.8 Å². The predicted molar refractivity (Wildman–Crippen MR) is 45.4 cm³/mol. The maximum Gasteiger partial charge on any atom is 0.416 e. The molecule has 4 nitrogen and oxygen atoms in total. The van der Waals surface area contributed by atoms with Gasteiger partial charge in [-0.1, -0.05) is 6.07 Å². The summed E-state index contributed by atoms with van der Waals surface area (Å²) in [5.41, 5.74) is 0.305. The van der Waals surface area contributed by atoms with E-state index >= 15 is 0 Å². The minimum atomic E-state index is -4.46. The van der Waals surface area contributed by atoms with E-state index in [1.807, 2.05) is 5.32 Å². The zero-order chi connectivity index (χ0) is 11.5. The first-order valence-electron chi connectivity index (χ1n) is 3.82. The first kappa shape index (κ1) is 11.3. The molecule has 0 spiro atoms. The van der Waals surface area contributed by atoms with Crippen LogP contribution in [0.3, 0.4) is 0 Å². The van der Waals surface area contributed by atoms with Crippen LogP contribution in [0.4, 0.5) is 23.7 Å². The first-order valence-corrected chi connectivity index (χ1v) is 3.82. The average Bonchev–Trinajstić information content (AvgIpc) is 2.17. The van der Waals surface area contributed by atoms with Crippen LogP contribution >= 0.6 is 0 Å². The quantitative estimate of drug-likeness (QED) is 0.502. The van der Waals surface area contributed by atoms with Gasteiger partial charge in [-0.3, -0.25) is 5.21 Å². The van der Waals surface area contributed by atoms with Crippen LogP contribution in [0.5, 0.6) is 0 Å². The van der Waals surface area contributed by atoms with Crippen LogP contribution in [0.1, 0.15) is 5.56 Å². The molecule has 0 aliphatic carbocycles. The van der Waals surface area contributed by atoms with Crippen LogP contribution in [0.15, 0.2) is 24.3 Å². The second-order valence-corrected chi connectivity index (χ2v) is 2.64. The molecular formula is C8H7F3N2O2. The minimum absolute atomic E-state index is 0.0589. The molecule has 0 saturated carbocycles. The van der Waals surface area contributed by atoms with Gasteiger partial charge >= 0.3 is 12.2 Å².